The molecular weight excluding hydrogens is 870 g/mol. The molecule has 0 spiro atoms. The van der Waals surface area contributed by atoms with E-state index < -0.39 is 81.0 Å². The van der Waals surface area contributed by atoms with Crippen molar-refractivity contribution in [1.29, 1.82) is 0 Å². The maximum Gasteiger partial charge on any atom is 0.435 e. The van der Waals surface area contributed by atoms with Crippen LogP contribution in [0.2, 0.25) is 0 Å². The molecule has 6 aromatic rings. The summed E-state index contributed by atoms with van der Waals surface area (Å²) in [4.78, 5) is 25.9. The molecule has 3 N–H and O–H groups in total. The van der Waals surface area contributed by atoms with E-state index in [9.17, 15) is 35.2 Å². The van der Waals surface area contributed by atoms with Gasteiger partial charge in [0.1, 0.15) is 23.9 Å². The Labute approximate surface area is 352 Å². The number of alkyl halides is 5. The quantitative estimate of drug-likeness (QED) is 0.115. The van der Waals surface area contributed by atoms with Gasteiger partial charge in [0.15, 0.2) is 22.3 Å². The van der Waals surface area contributed by atoms with Crippen molar-refractivity contribution in [2.24, 2.45) is 13.0 Å². The molecule has 9 rings (SSSR count). The lowest BCUT2D eigenvalue weighted by molar-refractivity contribution is -0.142. The molecule has 2 aromatic carbocycles. The zero-order valence-corrected chi connectivity index (χ0v) is 34.5. The molecule has 1 saturated carbocycles. The SMILES string of the molecule is Cn1nc(NS(C)(=O)=O)c2cccc(-c3cc4sc(NCCN5CCOCC5)nc4nc3[C@H](Cc3cc(F)cc(F)c3)NC(=O)Cn3nc(C(F)(F)F)c4c3C(F)(F)C3C[C@H]43)c21. The Hall–Kier alpha value is -5.39. The van der Waals surface area contributed by atoms with Gasteiger partial charge < -0.3 is 15.4 Å². The second kappa shape index (κ2) is 15.4. The van der Waals surface area contributed by atoms with Crippen molar-refractivity contribution >= 4 is 59.5 Å². The Bertz CT molecular complexity index is 2840. The van der Waals surface area contributed by atoms with Crippen molar-refractivity contribution < 1.29 is 48.7 Å². The molecule has 0 radical (unpaired) electrons. The van der Waals surface area contributed by atoms with Crippen LogP contribution in [-0.2, 0) is 51.7 Å². The summed E-state index contributed by atoms with van der Waals surface area (Å²) in [5.74, 6) is -8.93. The number of thiazole rings is 1. The maximum absolute atomic E-state index is 15.5. The maximum atomic E-state index is 15.5. The van der Waals surface area contributed by atoms with E-state index in [-0.39, 0.29) is 35.6 Å². The molecule has 3 aliphatic rings. The zero-order valence-electron chi connectivity index (χ0n) is 32.9. The second-order valence-electron chi connectivity index (χ2n) is 15.6. The van der Waals surface area contributed by atoms with Crippen molar-refractivity contribution in [2.75, 3.05) is 55.7 Å². The third kappa shape index (κ3) is 8.05. The molecule has 0 bridgehead atoms. The van der Waals surface area contributed by atoms with Crippen molar-refractivity contribution in [2.45, 2.75) is 43.4 Å². The molecule has 1 aliphatic heterocycles. The molecule has 2 fully saturated rings. The fourth-order valence-corrected chi connectivity index (χ4v) is 9.91. The highest BCUT2D eigenvalue weighted by atomic mass is 32.2. The highest BCUT2D eigenvalue weighted by Gasteiger charge is 2.68. The van der Waals surface area contributed by atoms with Crippen LogP contribution < -0.4 is 15.4 Å². The molecule has 23 heteroatoms. The van der Waals surface area contributed by atoms with Crippen LogP contribution in [0, 0.1) is 17.6 Å². The molecule has 5 heterocycles. The third-order valence-electron chi connectivity index (χ3n) is 11.2. The van der Waals surface area contributed by atoms with Gasteiger partial charge in [-0.2, -0.15) is 32.1 Å². The summed E-state index contributed by atoms with van der Waals surface area (Å²) in [7, 11) is -2.20. The van der Waals surface area contributed by atoms with Gasteiger partial charge in [0.05, 0.1) is 41.4 Å². The van der Waals surface area contributed by atoms with Gasteiger partial charge in [-0.1, -0.05) is 23.5 Å². The number of morpholine rings is 1. The van der Waals surface area contributed by atoms with Gasteiger partial charge in [0.2, 0.25) is 15.9 Å². The summed E-state index contributed by atoms with van der Waals surface area (Å²) >= 11 is 1.28. The number of amides is 1. The number of anilines is 2. The lowest BCUT2D eigenvalue weighted by Crippen LogP contribution is -2.38. The number of ether oxygens (including phenoxy) is 1. The molecule has 1 saturated heterocycles. The zero-order chi connectivity index (χ0) is 43.9. The average molecular weight is 907 g/mol. The molecular formula is C39H37F7N10O4S2. The highest BCUT2D eigenvalue weighted by molar-refractivity contribution is 7.92. The number of nitrogens with one attached hydrogen (secondary N) is 3. The topological polar surface area (TPSA) is 161 Å². The number of aryl methyl sites for hydroxylation is 1. The summed E-state index contributed by atoms with van der Waals surface area (Å²) in [6.07, 6.45) is -4.57. The number of fused-ring (bicyclic) bond motifs is 5. The number of carbonyl (C=O) groups excluding carboxylic acids is 1. The number of aromatic nitrogens is 6. The first kappa shape index (κ1) is 41.9. The molecule has 3 atom stereocenters. The smallest absolute Gasteiger partial charge is 0.379 e. The molecule has 1 amide bonds. The monoisotopic (exact) mass is 906 g/mol. The van der Waals surface area contributed by atoms with Crippen LogP contribution in [0.1, 0.15) is 46.6 Å². The van der Waals surface area contributed by atoms with E-state index in [1.807, 2.05) is 0 Å². The summed E-state index contributed by atoms with van der Waals surface area (Å²) in [5.41, 5.74) is -1.52. The van der Waals surface area contributed by atoms with Crippen LogP contribution in [0.15, 0.2) is 42.5 Å². The minimum Gasteiger partial charge on any atom is -0.379 e. The third-order valence-corrected chi connectivity index (χ3v) is 12.7. The Morgan fingerprint density at radius 1 is 1.05 bits per heavy atom. The lowest BCUT2D eigenvalue weighted by atomic mass is 9.94. The lowest BCUT2D eigenvalue weighted by Gasteiger charge is -2.26. The fourth-order valence-electron chi connectivity index (χ4n) is 8.53. The molecule has 14 nitrogen and oxygen atoms in total. The van der Waals surface area contributed by atoms with Gasteiger partial charge in [-0.25, -0.2) is 27.2 Å². The standard InChI is InChI=1S/C39H37F7N10O4S2/c1-54-32-22(4-3-5-23(32)35(52-54)53-62(2,58)59)24-17-28-36(50-37(61-28)47-6-7-55-8-10-60-11-9-55)49-31(24)27(14-19-12-20(40)15-21(41)13-19)48-29(57)18-56-34-30(33(51-56)39(44,45)46)25-16-26(25)38(34,42)43/h3-5,12-13,15,17,25-27H,6-11,14,16,18H2,1-2H3,(H,48,57)(H,52,53)(H,47,49,50)/t25-,26?,27-/m0/s1. The van der Waals surface area contributed by atoms with E-state index in [0.29, 0.717) is 68.9 Å². The van der Waals surface area contributed by atoms with Gasteiger partial charge in [0.25, 0.3) is 5.92 Å². The average Bonchev–Trinajstić information content (AvgIpc) is 3.47. The number of rotatable bonds is 13. The number of benzene rings is 2. The van der Waals surface area contributed by atoms with Crippen molar-refractivity contribution in [3.8, 4) is 11.1 Å². The van der Waals surface area contributed by atoms with Gasteiger partial charge in [-0.05, 0) is 48.6 Å². The number of pyridine rings is 1. The largest absolute Gasteiger partial charge is 0.435 e. The van der Waals surface area contributed by atoms with Gasteiger partial charge in [0, 0.05) is 67.3 Å². The number of nitrogens with zero attached hydrogens (tertiary/aromatic N) is 7. The van der Waals surface area contributed by atoms with Gasteiger partial charge >= 0.3 is 6.18 Å². The fraction of sp³-hybridized carbons (Fsp3) is 0.410. The predicted octanol–water partition coefficient (Wildman–Crippen LogP) is 6.16. The Kier molecular flexibility index (Phi) is 10.4. The van der Waals surface area contributed by atoms with Crippen LogP contribution in [0.5, 0.6) is 0 Å². The molecule has 62 heavy (non-hydrogen) atoms. The number of para-hydroxylation sites is 1. The second-order valence-corrected chi connectivity index (χ2v) is 18.4. The van der Waals surface area contributed by atoms with E-state index in [1.165, 1.54) is 16.0 Å². The Morgan fingerprint density at radius 2 is 1.79 bits per heavy atom. The van der Waals surface area contributed by atoms with E-state index in [1.54, 1.807) is 31.3 Å². The number of sulfonamides is 1. The van der Waals surface area contributed by atoms with E-state index in [0.717, 1.165) is 31.5 Å². The molecule has 2 aliphatic carbocycles. The van der Waals surface area contributed by atoms with Crippen LogP contribution in [0.3, 0.4) is 0 Å². The van der Waals surface area contributed by atoms with Crippen molar-refractivity contribution in [3.63, 3.8) is 0 Å². The first-order valence-electron chi connectivity index (χ1n) is 19.4. The summed E-state index contributed by atoms with van der Waals surface area (Å²) in [6.45, 7) is 2.97. The van der Waals surface area contributed by atoms with E-state index in [2.05, 4.69) is 30.5 Å². The highest BCUT2D eigenvalue weighted by Crippen LogP contribution is 2.68. The van der Waals surface area contributed by atoms with Crippen LogP contribution in [0.4, 0.5) is 41.7 Å². The van der Waals surface area contributed by atoms with Gasteiger partial charge in [-0.15, -0.1) is 0 Å². The minimum absolute atomic E-state index is 0.0199. The Morgan fingerprint density at radius 3 is 2.50 bits per heavy atom. The predicted molar refractivity (Wildman–Crippen MR) is 214 cm³/mol. The summed E-state index contributed by atoms with van der Waals surface area (Å²) in [5, 5.41) is 14.8. The summed E-state index contributed by atoms with van der Waals surface area (Å²) in [6, 6.07) is 8.12. The molecule has 4 aromatic heterocycles. The Balaban J connectivity index is 1.15. The van der Waals surface area contributed by atoms with Crippen LogP contribution >= 0.6 is 11.3 Å². The first-order valence-corrected chi connectivity index (χ1v) is 22.1. The van der Waals surface area contributed by atoms with Gasteiger partial charge in [-0.3, -0.25) is 23.8 Å². The number of hydrogen-bond acceptors (Lipinski definition) is 11. The van der Waals surface area contributed by atoms with E-state index >= 15 is 8.78 Å². The van der Waals surface area contributed by atoms with Crippen molar-refractivity contribution in [3.05, 3.63) is 82.3 Å². The van der Waals surface area contributed by atoms with Crippen molar-refractivity contribution in [1.82, 2.24) is 39.7 Å². The van der Waals surface area contributed by atoms with Crippen LogP contribution in [0.25, 0.3) is 32.4 Å². The minimum atomic E-state index is -5.06. The van der Waals surface area contributed by atoms with E-state index in [4.69, 9.17) is 14.7 Å². The van der Waals surface area contributed by atoms with Crippen LogP contribution in [-0.4, -0.2) is 94.4 Å². The first-order chi connectivity index (χ1) is 29.3. The number of halogens is 7. The molecule has 328 valence electrons. The molecule has 1 unspecified atom stereocenters. The normalized spacial score (nSPS) is 19.1. The summed E-state index contributed by atoms with van der Waals surface area (Å²) < 4.78 is 138. The number of hydrogen-bond donors (Lipinski definition) is 3. The number of carbonyl (C=O) groups is 1.